The third-order valence-corrected chi connectivity index (χ3v) is 2.73. The summed E-state index contributed by atoms with van der Waals surface area (Å²) in [6.07, 6.45) is 5.96. The van der Waals surface area contributed by atoms with Gasteiger partial charge in [-0.05, 0) is 31.6 Å². The van der Waals surface area contributed by atoms with E-state index in [9.17, 15) is 4.79 Å². The molecule has 1 fully saturated rings. The van der Waals surface area contributed by atoms with Crippen molar-refractivity contribution < 1.29 is 4.79 Å². The van der Waals surface area contributed by atoms with Gasteiger partial charge in [0.2, 0.25) is 5.91 Å². The summed E-state index contributed by atoms with van der Waals surface area (Å²) in [6.45, 7) is 4.09. The van der Waals surface area contributed by atoms with Crippen molar-refractivity contribution in [3.63, 3.8) is 0 Å². The first kappa shape index (κ1) is 11.5. The van der Waals surface area contributed by atoms with Crippen LogP contribution in [0.2, 0.25) is 0 Å². The van der Waals surface area contributed by atoms with Crippen molar-refractivity contribution >= 4 is 5.91 Å². The zero-order chi connectivity index (χ0) is 10.6. The first-order valence-corrected chi connectivity index (χ1v) is 5.62. The number of carbonyl (C=O) groups is 1. The fourth-order valence-electron chi connectivity index (χ4n) is 2.01. The molecule has 0 aromatic carbocycles. The molecule has 1 amide bonds. The largest absolute Gasteiger partial charge is 0.338 e. The molecule has 0 saturated heterocycles. The van der Waals surface area contributed by atoms with Gasteiger partial charge in [-0.15, -0.1) is 0 Å². The van der Waals surface area contributed by atoms with Crippen molar-refractivity contribution in [3.05, 3.63) is 0 Å². The summed E-state index contributed by atoms with van der Waals surface area (Å²) < 4.78 is 0. The van der Waals surface area contributed by atoms with Crippen molar-refractivity contribution in [2.45, 2.75) is 58.0 Å². The van der Waals surface area contributed by atoms with Crippen LogP contribution >= 0.6 is 0 Å². The summed E-state index contributed by atoms with van der Waals surface area (Å²) >= 11 is 0. The van der Waals surface area contributed by atoms with Crippen LogP contribution < -0.4 is 11.1 Å². The zero-order valence-corrected chi connectivity index (χ0v) is 9.31. The molecule has 0 unspecified atom stereocenters. The Hall–Kier alpha value is -0.570. The molecule has 0 aromatic rings. The lowest BCUT2D eigenvalue weighted by Gasteiger charge is -2.34. The maximum absolute atomic E-state index is 11.5. The summed E-state index contributed by atoms with van der Waals surface area (Å²) in [4.78, 5) is 11.5. The second-order valence-corrected chi connectivity index (χ2v) is 4.86. The molecular formula is C11H22N2O. The molecule has 1 aliphatic rings. The highest BCUT2D eigenvalue weighted by atomic mass is 16.1. The average Bonchev–Trinajstić information content (AvgIpc) is 2.02. The van der Waals surface area contributed by atoms with E-state index in [1.54, 1.807) is 0 Å². The molecule has 0 heterocycles. The fraction of sp³-hybridized carbons (Fsp3) is 0.909. The minimum atomic E-state index is -0.412. The van der Waals surface area contributed by atoms with E-state index < -0.39 is 5.66 Å². The van der Waals surface area contributed by atoms with Crippen LogP contribution in [0.15, 0.2) is 0 Å². The lowest BCUT2D eigenvalue weighted by molar-refractivity contribution is -0.124. The molecule has 3 heteroatoms. The maximum Gasteiger partial charge on any atom is 0.221 e. The summed E-state index contributed by atoms with van der Waals surface area (Å²) in [5.74, 6) is 0.506. The zero-order valence-electron chi connectivity index (χ0n) is 9.31. The Labute approximate surface area is 86.4 Å². The molecule has 0 radical (unpaired) electrons. The number of hydrogen-bond acceptors (Lipinski definition) is 2. The van der Waals surface area contributed by atoms with Gasteiger partial charge in [0, 0.05) is 6.42 Å². The van der Waals surface area contributed by atoms with E-state index in [0.717, 1.165) is 25.7 Å². The van der Waals surface area contributed by atoms with Gasteiger partial charge < -0.3 is 11.1 Å². The van der Waals surface area contributed by atoms with Crippen molar-refractivity contribution in [3.8, 4) is 0 Å². The summed E-state index contributed by atoms with van der Waals surface area (Å²) in [5.41, 5.74) is 5.69. The number of nitrogens with one attached hydrogen (secondary N) is 1. The Morgan fingerprint density at radius 3 is 2.43 bits per heavy atom. The minimum absolute atomic E-state index is 0.101. The second-order valence-electron chi connectivity index (χ2n) is 4.86. The normalized spacial score (nSPS) is 20.9. The van der Waals surface area contributed by atoms with Gasteiger partial charge in [0.1, 0.15) is 0 Å². The molecule has 3 nitrogen and oxygen atoms in total. The Bertz CT molecular complexity index is 195. The van der Waals surface area contributed by atoms with E-state index >= 15 is 0 Å². The van der Waals surface area contributed by atoms with E-state index in [4.69, 9.17) is 5.73 Å². The first-order chi connectivity index (χ1) is 6.52. The molecule has 14 heavy (non-hydrogen) atoms. The lowest BCUT2D eigenvalue weighted by Crippen LogP contribution is -2.56. The summed E-state index contributed by atoms with van der Waals surface area (Å²) in [5, 5.41) is 2.97. The van der Waals surface area contributed by atoms with Gasteiger partial charge in [-0.3, -0.25) is 4.79 Å². The Kier molecular flexibility index (Phi) is 3.93. The van der Waals surface area contributed by atoms with Crippen LogP contribution in [0.3, 0.4) is 0 Å². The Morgan fingerprint density at radius 1 is 1.36 bits per heavy atom. The number of amides is 1. The molecule has 82 valence electrons. The molecule has 0 aliphatic heterocycles. The highest BCUT2D eigenvalue weighted by Gasteiger charge is 2.28. The maximum atomic E-state index is 11.5. The monoisotopic (exact) mass is 198 g/mol. The molecule has 0 spiro atoms. The van der Waals surface area contributed by atoms with E-state index in [1.165, 1.54) is 6.42 Å². The van der Waals surface area contributed by atoms with Gasteiger partial charge in [-0.1, -0.05) is 20.3 Å². The van der Waals surface area contributed by atoms with Crippen LogP contribution in [0.1, 0.15) is 52.4 Å². The van der Waals surface area contributed by atoms with Crippen LogP contribution in [0, 0.1) is 5.92 Å². The Balaban J connectivity index is 2.37. The third kappa shape index (κ3) is 3.66. The highest BCUT2D eigenvalue weighted by molar-refractivity contribution is 5.76. The van der Waals surface area contributed by atoms with E-state index in [-0.39, 0.29) is 5.91 Å². The number of carbonyl (C=O) groups excluding carboxylic acids is 1. The quantitative estimate of drug-likeness (QED) is 0.679. The van der Waals surface area contributed by atoms with Crippen LogP contribution in [0.25, 0.3) is 0 Å². The smallest absolute Gasteiger partial charge is 0.221 e. The van der Waals surface area contributed by atoms with Gasteiger partial charge in [-0.25, -0.2) is 0 Å². The Morgan fingerprint density at radius 2 is 1.93 bits per heavy atom. The molecule has 1 saturated carbocycles. The predicted octanol–water partition coefficient (Wildman–Crippen LogP) is 1.77. The lowest BCUT2D eigenvalue weighted by atomic mass is 9.89. The molecule has 1 rings (SSSR count). The first-order valence-electron chi connectivity index (χ1n) is 5.62. The van der Waals surface area contributed by atoms with Crippen LogP contribution in [-0.2, 0) is 4.79 Å². The molecule has 0 atom stereocenters. The van der Waals surface area contributed by atoms with Crippen molar-refractivity contribution in [1.29, 1.82) is 0 Å². The van der Waals surface area contributed by atoms with Crippen molar-refractivity contribution in [2.75, 3.05) is 0 Å². The van der Waals surface area contributed by atoms with Crippen LogP contribution in [0.4, 0.5) is 0 Å². The number of rotatable bonds is 3. The summed E-state index contributed by atoms with van der Waals surface area (Å²) in [7, 11) is 0. The third-order valence-electron chi connectivity index (χ3n) is 2.73. The fourth-order valence-corrected chi connectivity index (χ4v) is 2.01. The van der Waals surface area contributed by atoms with E-state index in [0.29, 0.717) is 12.3 Å². The van der Waals surface area contributed by atoms with E-state index in [2.05, 4.69) is 5.32 Å². The van der Waals surface area contributed by atoms with Crippen molar-refractivity contribution in [2.24, 2.45) is 11.7 Å². The molecule has 3 N–H and O–H groups in total. The van der Waals surface area contributed by atoms with Crippen molar-refractivity contribution in [1.82, 2.24) is 5.32 Å². The van der Waals surface area contributed by atoms with Gasteiger partial charge >= 0.3 is 0 Å². The molecular weight excluding hydrogens is 176 g/mol. The molecule has 1 aliphatic carbocycles. The topological polar surface area (TPSA) is 55.1 Å². The van der Waals surface area contributed by atoms with Gasteiger partial charge in [0.15, 0.2) is 0 Å². The van der Waals surface area contributed by atoms with E-state index in [1.807, 2.05) is 13.8 Å². The summed E-state index contributed by atoms with van der Waals surface area (Å²) in [6, 6.07) is 0. The highest BCUT2D eigenvalue weighted by Crippen LogP contribution is 2.23. The molecule has 0 bridgehead atoms. The van der Waals surface area contributed by atoms with Crippen LogP contribution in [0.5, 0.6) is 0 Å². The second kappa shape index (κ2) is 4.78. The molecule has 0 aromatic heterocycles. The SMILES string of the molecule is CC(C)CC(=O)NC1(N)CCCCC1. The van der Waals surface area contributed by atoms with Gasteiger partial charge in [-0.2, -0.15) is 0 Å². The average molecular weight is 198 g/mol. The minimum Gasteiger partial charge on any atom is -0.338 e. The number of nitrogens with two attached hydrogens (primary N) is 1. The predicted molar refractivity (Wildman–Crippen MR) is 57.6 cm³/mol. The van der Waals surface area contributed by atoms with Gasteiger partial charge in [0.05, 0.1) is 5.66 Å². The van der Waals surface area contributed by atoms with Crippen LogP contribution in [-0.4, -0.2) is 11.6 Å². The standard InChI is InChI=1S/C11H22N2O/c1-9(2)8-10(14)13-11(12)6-4-3-5-7-11/h9H,3-8,12H2,1-2H3,(H,13,14). The van der Waals surface area contributed by atoms with Gasteiger partial charge in [0.25, 0.3) is 0 Å². The number of hydrogen-bond donors (Lipinski definition) is 2.